The molecule has 2 aromatic heterocycles. The first kappa shape index (κ1) is 30.4. The third-order valence-electron chi connectivity index (χ3n) is 6.13. The predicted octanol–water partition coefficient (Wildman–Crippen LogP) is 3.99. The molecule has 0 fully saturated rings. The average molecular weight is 628 g/mol. The molecule has 40 heavy (non-hydrogen) atoms. The summed E-state index contributed by atoms with van der Waals surface area (Å²) in [5.41, 5.74) is 1.93. The first-order chi connectivity index (χ1) is 19.1. The number of esters is 1. The van der Waals surface area contributed by atoms with Gasteiger partial charge in [-0.3, -0.25) is 9.59 Å². The van der Waals surface area contributed by atoms with Crippen LogP contribution in [0.4, 0.5) is 5.00 Å². The Morgan fingerprint density at radius 3 is 2.62 bits per heavy atom. The third-order valence-corrected chi connectivity index (χ3v) is 10.00. The Balaban J connectivity index is 1.50. The maximum Gasteiger partial charge on any atom is 0.341 e. The molecule has 0 saturated carbocycles. The molecule has 1 aliphatic carbocycles. The number of sulfone groups is 1. The number of nitrogens with one attached hydrogen (secondary N) is 1. The summed E-state index contributed by atoms with van der Waals surface area (Å²) in [5.74, 6) is -4.14. The van der Waals surface area contributed by atoms with Crippen molar-refractivity contribution in [1.29, 1.82) is 0 Å². The van der Waals surface area contributed by atoms with Crippen LogP contribution in [0.25, 0.3) is 10.2 Å². The maximum absolute atomic E-state index is 12.8. The van der Waals surface area contributed by atoms with Gasteiger partial charge in [-0.2, -0.15) is 4.99 Å². The van der Waals surface area contributed by atoms with Crippen molar-refractivity contribution >= 4 is 77.1 Å². The van der Waals surface area contributed by atoms with Gasteiger partial charge in [0.25, 0.3) is 5.91 Å². The summed E-state index contributed by atoms with van der Waals surface area (Å²) in [6, 6.07) is 5.27. The molecule has 2 heterocycles. The van der Waals surface area contributed by atoms with Crippen molar-refractivity contribution in [2.45, 2.75) is 46.1 Å². The van der Waals surface area contributed by atoms with Crippen molar-refractivity contribution in [2.75, 3.05) is 36.6 Å². The van der Waals surface area contributed by atoms with E-state index in [1.54, 1.807) is 29.7 Å². The molecule has 1 aliphatic rings. The van der Waals surface area contributed by atoms with Crippen molar-refractivity contribution in [1.82, 2.24) is 4.57 Å². The van der Waals surface area contributed by atoms with Crippen LogP contribution in [-0.2, 0) is 48.3 Å². The number of thiophene rings is 1. The van der Waals surface area contributed by atoms with Crippen molar-refractivity contribution in [3.8, 4) is 0 Å². The lowest BCUT2D eigenvalue weighted by Gasteiger charge is -2.12. The lowest BCUT2D eigenvalue weighted by atomic mass is 9.95. The van der Waals surface area contributed by atoms with Crippen LogP contribution in [0.15, 0.2) is 23.2 Å². The number of hydrogen-bond donors (Lipinski definition) is 1. The molecule has 0 saturated heterocycles. The molecule has 4 rings (SSSR count). The quantitative estimate of drug-likeness (QED) is 0.251. The van der Waals surface area contributed by atoms with E-state index < -0.39 is 39.1 Å². The van der Waals surface area contributed by atoms with E-state index in [2.05, 4.69) is 10.3 Å². The summed E-state index contributed by atoms with van der Waals surface area (Å²) in [6.07, 6.45) is 3.37. The van der Waals surface area contributed by atoms with E-state index >= 15 is 0 Å². The fourth-order valence-electron chi connectivity index (χ4n) is 4.46. The predicted molar refractivity (Wildman–Crippen MR) is 156 cm³/mol. The van der Waals surface area contributed by atoms with E-state index in [1.165, 1.54) is 22.7 Å². The number of hydrogen-bond acceptors (Lipinski definition) is 9. The smallest absolute Gasteiger partial charge is 0.341 e. The van der Waals surface area contributed by atoms with Crippen LogP contribution in [-0.4, -0.2) is 62.1 Å². The number of benzene rings is 1. The van der Waals surface area contributed by atoms with Crippen LogP contribution in [0.5, 0.6) is 0 Å². The number of amides is 2. The summed E-state index contributed by atoms with van der Waals surface area (Å²) in [5, 5.41) is 3.38. The number of aromatic nitrogens is 1. The Hall–Kier alpha value is -2.58. The summed E-state index contributed by atoms with van der Waals surface area (Å²) < 4.78 is 38.8. The molecular formula is C26H30ClN3O7S3. The number of carbonyl (C=O) groups excluding carboxylic acids is 3. The molecule has 0 aliphatic heterocycles. The summed E-state index contributed by atoms with van der Waals surface area (Å²) in [4.78, 5) is 43.5. The molecule has 1 aromatic carbocycles. The number of halogens is 1. The zero-order chi connectivity index (χ0) is 28.9. The van der Waals surface area contributed by atoms with Crippen molar-refractivity contribution in [3.63, 3.8) is 0 Å². The minimum atomic E-state index is -4.15. The molecule has 0 radical (unpaired) electrons. The Bertz CT molecular complexity index is 1610. The monoisotopic (exact) mass is 627 g/mol. The second kappa shape index (κ2) is 13.4. The summed E-state index contributed by atoms with van der Waals surface area (Å²) >= 11 is 8.58. The van der Waals surface area contributed by atoms with Gasteiger partial charge in [-0.1, -0.05) is 22.9 Å². The SMILES string of the molecule is CCOCCn1c(=NC(=O)CS(=O)(=O)CC(=O)Nc2sc3c(c2C(=O)OCC)CCCC3)sc2cc(Cl)ccc21. The molecule has 2 amide bonds. The largest absolute Gasteiger partial charge is 0.462 e. The standard InChI is InChI=1S/C26H30ClN3O7S3/c1-3-36-12-11-30-18-10-9-16(27)13-20(18)39-26(30)29-22(32)15-40(34,35)14-21(31)28-24-23(25(33)37-4-2)17-7-5-6-8-19(17)38-24/h9-10,13H,3-8,11-12,14-15H2,1-2H3,(H,28,31). The van der Waals surface area contributed by atoms with E-state index in [9.17, 15) is 22.8 Å². The molecule has 0 spiro atoms. The van der Waals surface area contributed by atoms with Crippen LogP contribution in [0.2, 0.25) is 5.02 Å². The number of ether oxygens (including phenoxy) is 2. The highest BCUT2D eigenvalue weighted by atomic mass is 35.5. The van der Waals surface area contributed by atoms with Gasteiger partial charge >= 0.3 is 5.97 Å². The summed E-state index contributed by atoms with van der Waals surface area (Å²) in [7, 11) is -4.15. The van der Waals surface area contributed by atoms with E-state index in [0.717, 1.165) is 39.9 Å². The number of anilines is 1. The van der Waals surface area contributed by atoms with Gasteiger partial charge in [-0.15, -0.1) is 11.3 Å². The second-order valence-corrected chi connectivity index (χ2v) is 13.7. The van der Waals surface area contributed by atoms with Crippen LogP contribution in [0.3, 0.4) is 0 Å². The highest BCUT2D eigenvalue weighted by Crippen LogP contribution is 2.38. The number of aryl methyl sites for hydroxylation is 1. The van der Waals surface area contributed by atoms with Gasteiger partial charge < -0.3 is 19.4 Å². The van der Waals surface area contributed by atoms with Crippen molar-refractivity contribution in [2.24, 2.45) is 4.99 Å². The van der Waals surface area contributed by atoms with Gasteiger partial charge in [-0.25, -0.2) is 13.2 Å². The van der Waals surface area contributed by atoms with Gasteiger partial charge in [-0.05, 0) is 63.3 Å². The van der Waals surface area contributed by atoms with Crippen LogP contribution >= 0.6 is 34.3 Å². The zero-order valence-electron chi connectivity index (χ0n) is 22.2. The molecular weight excluding hydrogens is 598 g/mol. The molecule has 0 atom stereocenters. The van der Waals surface area contributed by atoms with Gasteiger partial charge in [0.05, 0.1) is 29.0 Å². The molecule has 3 aromatic rings. The van der Waals surface area contributed by atoms with Gasteiger partial charge in [0, 0.05) is 23.1 Å². The zero-order valence-corrected chi connectivity index (χ0v) is 25.4. The van der Waals surface area contributed by atoms with E-state index in [0.29, 0.717) is 41.6 Å². The topological polar surface area (TPSA) is 133 Å². The molecule has 10 nitrogen and oxygen atoms in total. The first-order valence-corrected chi connectivity index (χ1v) is 16.7. The molecule has 1 N–H and O–H groups in total. The van der Waals surface area contributed by atoms with Crippen LogP contribution in [0, 0.1) is 0 Å². The lowest BCUT2D eigenvalue weighted by Crippen LogP contribution is -2.28. The van der Waals surface area contributed by atoms with Gasteiger partial charge in [0.15, 0.2) is 14.6 Å². The Morgan fingerprint density at radius 2 is 1.88 bits per heavy atom. The lowest BCUT2D eigenvalue weighted by molar-refractivity contribution is -0.115. The maximum atomic E-state index is 12.8. The van der Waals surface area contributed by atoms with Gasteiger partial charge in [0.1, 0.15) is 16.5 Å². The number of rotatable bonds is 11. The van der Waals surface area contributed by atoms with Crippen LogP contribution in [0.1, 0.15) is 47.5 Å². The fraction of sp³-hybridized carbons (Fsp3) is 0.462. The van der Waals surface area contributed by atoms with Gasteiger partial charge in [0.2, 0.25) is 5.91 Å². The average Bonchev–Trinajstić information content (AvgIpc) is 3.40. The minimum absolute atomic E-state index is 0.176. The third kappa shape index (κ3) is 7.38. The normalized spacial score (nSPS) is 13.8. The molecule has 14 heteroatoms. The molecule has 216 valence electrons. The highest BCUT2D eigenvalue weighted by molar-refractivity contribution is 7.92. The number of fused-ring (bicyclic) bond motifs is 2. The first-order valence-electron chi connectivity index (χ1n) is 12.9. The van der Waals surface area contributed by atoms with Crippen molar-refractivity contribution < 1.29 is 32.3 Å². The fourth-order valence-corrected chi connectivity index (χ4v) is 8.12. The number of carbonyl (C=O) groups is 3. The summed E-state index contributed by atoms with van der Waals surface area (Å²) in [6.45, 7) is 5.05. The van der Waals surface area contributed by atoms with E-state index in [4.69, 9.17) is 21.1 Å². The second-order valence-electron chi connectivity index (χ2n) is 9.07. The van der Waals surface area contributed by atoms with Crippen LogP contribution < -0.4 is 10.1 Å². The Morgan fingerprint density at radius 1 is 1.10 bits per heavy atom. The number of nitrogens with zero attached hydrogens (tertiary/aromatic N) is 2. The Labute approximate surface area is 244 Å². The number of thiazole rings is 1. The van der Waals surface area contributed by atoms with E-state index in [-0.39, 0.29) is 11.6 Å². The molecule has 0 bridgehead atoms. The molecule has 0 unspecified atom stereocenters. The van der Waals surface area contributed by atoms with E-state index in [1.807, 2.05) is 6.92 Å². The Kier molecular flexibility index (Phi) is 10.2. The minimum Gasteiger partial charge on any atom is -0.462 e. The van der Waals surface area contributed by atoms with Crippen molar-refractivity contribution in [3.05, 3.63) is 44.0 Å². The highest BCUT2D eigenvalue weighted by Gasteiger charge is 2.29.